The van der Waals surface area contributed by atoms with E-state index < -0.39 is 0 Å². The Morgan fingerprint density at radius 2 is 2.08 bits per heavy atom. The van der Waals surface area contributed by atoms with Gasteiger partial charge in [0.15, 0.2) is 5.78 Å². The largest absolute Gasteiger partial charge is 0.294 e. The Kier molecular flexibility index (Phi) is 2.43. The fourth-order valence-corrected chi connectivity index (χ4v) is 2.43. The molecule has 0 atom stereocenters. The van der Waals surface area contributed by atoms with Crippen LogP contribution in [0, 0.1) is 0 Å². The Morgan fingerprint density at radius 1 is 1.31 bits per heavy atom. The first kappa shape index (κ1) is 9.22. The molecule has 0 radical (unpaired) electrons. The zero-order valence-electron chi connectivity index (χ0n) is 6.94. The highest BCUT2D eigenvalue weighted by Gasteiger charge is 2.20. The number of hydrogen-bond acceptors (Lipinski definition) is 1. The smallest absolute Gasteiger partial charge is 0.164 e. The molecule has 0 unspecified atom stereocenters. The van der Waals surface area contributed by atoms with Gasteiger partial charge in [-0.1, -0.05) is 17.7 Å². The molecule has 0 heterocycles. The van der Waals surface area contributed by atoms with E-state index in [-0.39, 0.29) is 5.78 Å². The van der Waals surface area contributed by atoms with E-state index in [1.807, 2.05) is 12.1 Å². The van der Waals surface area contributed by atoms with Gasteiger partial charge in [0, 0.05) is 16.5 Å². The van der Waals surface area contributed by atoms with Crippen molar-refractivity contribution in [2.75, 3.05) is 0 Å². The fourth-order valence-electron chi connectivity index (χ4n) is 1.66. The van der Waals surface area contributed by atoms with Crippen molar-refractivity contribution in [1.82, 2.24) is 0 Å². The molecule has 0 spiro atoms. The summed E-state index contributed by atoms with van der Waals surface area (Å²) in [6, 6.07) is 3.78. The molecule has 1 aromatic rings. The van der Waals surface area contributed by atoms with Crippen LogP contribution in [0.3, 0.4) is 0 Å². The lowest BCUT2D eigenvalue weighted by Gasteiger charge is -2.16. The summed E-state index contributed by atoms with van der Waals surface area (Å²) in [6.45, 7) is 0. The zero-order valence-corrected chi connectivity index (χ0v) is 9.28. The van der Waals surface area contributed by atoms with Crippen molar-refractivity contribution in [1.29, 1.82) is 0 Å². The van der Waals surface area contributed by atoms with Crippen LogP contribution in [0.2, 0.25) is 5.02 Å². The van der Waals surface area contributed by atoms with E-state index in [4.69, 9.17) is 11.6 Å². The van der Waals surface area contributed by atoms with Crippen LogP contribution < -0.4 is 0 Å². The molecular formula is C10H8BrClO. The van der Waals surface area contributed by atoms with Gasteiger partial charge in [-0.3, -0.25) is 4.79 Å². The number of carbonyl (C=O) groups is 1. The van der Waals surface area contributed by atoms with E-state index in [9.17, 15) is 4.79 Å². The van der Waals surface area contributed by atoms with E-state index >= 15 is 0 Å². The van der Waals surface area contributed by atoms with Crippen LogP contribution in [0.4, 0.5) is 0 Å². The Labute approximate surface area is 90.2 Å². The lowest BCUT2D eigenvalue weighted by molar-refractivity contribution is 0.0971. The topological polar surface area (TPSA) is 17.1 Å². The van der Waals surface area contributed by atoms with Crippen molar-refractivity contribution in [2.24, 2.45) is 0 Å². The van der Waals surface area contributed by atoms with Gasteiger partial charge in [0.05, 0.1) is 5.02 Å². The second-order valence-electron chi connectivity index (χ2n) is 3.17. The predicted molar refractivity (Wildman–Crippen MR) is 56.4 cm³/mol. The molecule has 0 aliphatic heterocycles. The molecule has 1 aromatic carbocycles. The van der Waals surface area contributed by atoms with Gasteiger partial charge in [0.25, 0.3) is 0 Å². The molecule has 3 heteroatoms. The molecule has 1 aliphatic carbocycles. The first-order valence-electron chi connectivity index (χ1n) is 4.20. The molecule has 0 N–H and O–H groups in total. The van der Waals surface area contributed by atoms with Crippen molar-refractivity contribution in [3.63, 3.8) is 0 Å². The van der Waals surface area contributed by atoms with Crippen LogP contribution >= 0.6 is 27.5 Å². The zero-order chi connectivity index (χ0) is 9.42. The fraction of sp³-hybridized carbons (Fsp3) is 0.300. The van der Waals surface area contributed by atoms with Gasteiger partial charge in [-0.25, -0.2) is 0 Å². The monoisotopic (exact) mass is 258 g/mol. The summed E-state index contributed by atoms with van der Waals surface area (Å²) < 4.78 is 0.761. The van der Waals surface area contributed by atoms with Gasteiger partial charge in [-0.05, 0) is 40.4 Å². The highest BCUT2D eigenvalue weighted by atomic mass is 79.9. The summed E-state index contributed by atoms with van der Waals surface area (Å²) in [6.07, 6.45) is 2.59. The maximum Gasteiger partial charge on any atom is 0.164 e. The van der Waals surface area contributed by atoms with Crippen LogP contribution in [0.1, 0.15) is 28.8 Å². The summed E-state index contributed by atoms with van der Waals surface area (Å²) in [7, 11) is 0. The number of aryl methyl sites for hydroxylation is 1. The van der Waals surface area contributed by atoms with E-state index in [1.165, 1.54) is 0 Å². The number of carbonyl (C=O) groups excluding carboxylic acids is 1. The molecule has 0 aromatic heterocycles. The molecule has 0 fully saturated rings. The van der Waals surface area contributed by atoms with E-state index in [1.54, 1.807) is 0 Å². The van der Waals surface area contributed by atoms with Crippen LogP contribution in [0.25, 0.3) is 0 Å². The minimum Gasteiger partial charge on any atom is -0.294 e. The highest BCUT2D eigenvalue weighted by Crippen LogP contribution is 2.33. The predicted octanol–water partition coefficient (Wildman–Crippen LogP) is 3.62. The van der Waals surface area contributed by atoms with Crippen LogP contribution in [0.5, 0.6) is 0 Å². The Hall–Kier alpha value is -0.340. The molecule has 1 aliphatic rings. The first-order valence-corrected chi connectivity index (χ1v) is 5.37. The lowest BCUT2D eigenvalue weighted by atomic mass is 9.91. The molecule has 0 bridgehead atoms. The maximum atomic E-state index is 11.6. The average Bonchev–Trinajstić information content (AvgIpc) is 2.12. The Bertz CT molecular complexity index is 373. The number of ketones is 1. The Balaban J connectivity index is 2.65. The molecule has 68 valence electrons. The van der Waals surface area contributed by atoms with E-state index in [2.05, 4.69) is 15.9 Å². The van der Waals surface area contributed by atoms with Gasteiger partial charge in [-0.15, -0.1) is 0 Å². The van der Waals surface area contributed by atoms with Gasteiger partial charge < -0.3 is 0 Å². The van der Waals surface area contributed by atoms with Gasteiger partial charge in [0.1, 0.15) is 0 Å². The molecule has 0 saturated heterocycles. The minimum atomic E-state index is 0.204. The molecule has 13 heavy (non-hydrogen) atoms. The normalized spacial score (nSPS) is 15.7. The first-order chi connectivity index (χ1) is 6.20. The summed E-state index contributed by atoms with van der Waals surface area (Å²) in [5.74, 6) is 0.204. The number of benzene rings is 1. The third kappa shape index (κ3) is 1.53. The van der Waals surface area contributed by atoms with Crippen molar-refractivity contribution < 1.29 is 4.79 Å². The highest BCUT2D eigenvalue weighted by molar-refractivity contribution is 9.10. The van der Waals surface area contributed by atoms with Crippen molar-refractivity contribution in [3.05, 3.63) is 32.8 Å². The van der Waals surface area contributed by atoms with Crippen LogP contribution in [-0.4, -0.2) is 5.78 Å². The second kappa shape index (κ2) is 3.43. The maximum absolute atomic E-state index is 11.6. The SMILES string of the molecule is O=C1CCCc2ccc(Cl)c(Br)c21. The van der Waals surface area contributed by atoms with Crippen molar-refractivity contribution in [3.8, 4) is 0 Å². The molecular weight excluding hydrogens is 251 g/mol. The van der Waals surface area contributed by atoms with Crippen LogP contribution in [-0.2, 0) is 6.42 Å². The van der Waals surface area contributed by atoms with Crippen molar-refractivity contribution in [2.45, 2.75) is 19.3 Å². The van der Waals surface area contributed by atoms with Crippen molar-refractivity contribution >= 4 is 33.3 Å². The molecule has 1 nitrogen and oxygen atoms in total. The number of Topliss-reactive ketones (excluding diaryl/α,β-unsaturated/α-hetero) is 1. The summed E-state index contributed by atoms with van der Waals surface area (Å²) in [4.78, 5) is 11.6. The third-order valence-corrected chi connectivity index (χ3v) is 3.68. The standard InChI is InChI=1S/C10H8BrClO/c11-10-7(12)5-4-6-2-1-3-8(13)9(6)10/h4-5H,1-3H2. The molecule has 0 saturated carbocycles. The third-order valence-electron chi connectivity index (χ3n) is 2.31. The van der Waals surface area contributed by atoms with Crippen LogP contribution in [0.15, 0.2) is 16.6 Å². The number of fused-ring (bicyclic) bond motifs is 1. The number of hydrogen-bond donors (Lipinski definition) is 0. The molecule has 2 rings (SSSR count). The molecule has 0 amide bonds. The second-order valence-corrected chi connectivity index (χ2v) is 4.37. The van der Waals surface area contributed by atoms with Gasteiger partial charge in [0.2, 0.25) is 0 Å². The summed E-state index contributed by atoms with van der Waals surface area (Å²) in [5.41, 5.74) is 1.91. The lowest BCUT2D eigenvalue weighted by Crippen LogP contribution is -2.11. The van der Waals surface area contributed by atoms with E-state index in [0.29, 0.717) is 11.4 Å². The quantitative estimate of drug-likeness (QED) is 0.695. The van der Waals surface area contributed by atoms with Gasteiger partial charge in [-0.2, -0.15) is 0 Å². The minimum absolute atomic E-state index is 0.204. The van der Waals surface area contributed by atoms with Gasteiger partial charge >= 0.3 is 0 Å². The van der Waals surface area contributed by atoms with E-state index in [0.717, 1.165) is 28.4 Å². The Morgan fingerprint density at radius 3 is 2.85 bits per heavy atom. The summed E-state index contributed by atoms with van der Waals surface area (Å²) >= 11 is 9.27. The average molecular weight is 260 g/mol. The number of halogens is 2. The summed E-state index contributed by atoms with van der Waals surface area (Å²) in [5, 5.41) is 0.619. The number of rotatable bonds is 0.